The van der Waals surface area contributed by atoms with Gasteiger partial charge in [-0.15, -0.1) is 4.21 Å². The van der Waals surface area contributed by atoms with Crippen molar-refractivity contribution in [1.82, 2.24) is 0 Å². The van der Waals surface area contributed by atoms with Crippen LogP contribution in [0.25, 0.3) is 0 Å². The van der Waals surface area contributed by atoms with E-state index in [4.69, 9.17) is 0 Å². The van der Waals surface area contributed by atoms with Crippen LogP contribution in [0.1, 0.15) is 59.3 Å². The van der Waals surface area contributed by atoms with E-state index in [0.29, 0.717) is 0 Å². The van der Waals surface area contributed by atoms with E-state index in [2.05, 4.69) is 20.8 Å². The van der Waals surface area contributed by atoms with Gasteiger partial charge >= 0.3 is 0 Å². The van der Waals surface area contributed by atoms with Crippen LogP contribution in [-0.4, -0.2) is 17.3 Å². The molecule has 0 aliphatic carbocycles. The summed E-state index contributed by atoms with van der Waals surface area (Å²) in [4.78, 5) is 0. The highest BCUT2D eigenvalue weighted by molar-refractivity contribution is 8.02. The van der Waals surface area contributed by atoms with Crippen molar-refractivity contribution in [2.45, 2.75) is 59.3 Å². The summed E-state index contributed by atoms with van der Waals surface area (Å²) in [7, 11) is -1.48. The molecule has 0 atom stereocenters. The van der Waals surface area contributed by atoms with E-state index < -0.39 is 9.93 Å². The quantitative estimate of drug-likeness (QED) is 0.578. The number of rotatable bonds is 9. The minimum absolute atomic E-state index is 0. The molecule has 94 valence electrons. The van der Waals surface area contributed by atoms with Gasteiger partial charge in [0, 0.05) is 0 Å². The van der Waals surface area contributed by atoms with Crippen LogP contribution in [0.5, 0.6) is 0 Å². The van der Waals surface area contributed by atoms with Gasteiger partial charge in [-0.25, -0.2) is 0 Å². The smallest absolute Gasteiger partial charge is 0.112 e. The Hall–Kier alpha value is 0.630. The molecule has 15 heavy (non-hydrogen) atoms. The van der Waals surface area contributed by atoms with Crippen LogP contribution < -0.4 is 17.0 Å². The molecule has 0 N–H and O–H groups in total. The lowest BCUT2D eigenvalue weighted by Crippen LogP contribution is -3.00. The Kier molecular flexibility index (Phi) is 13.4. The van der Waals surface area contributed by atoms with Gasteiger partial charge in [-0.2, -0.15) is 0 Å². The van der Waals surface area contributed by atoms with Gasteiger partial charge in [0.1, 0.15) is 17.3 Å². The molecular weight excluding hydrogens is 272 g/mol. The Labute approximate surface area is 108 Å². The van der Waals surface area contributed by atoms with E-state index in [0.717, 1.165) is 36.5 Å². The predicted octanol–water partition coefficient (Wildman–Crippen LogP) is 0.890. The summed E-state index contributed by atoms with van der Waals surface area (Å²) in [5, 5.41) is 0. The molecular formula is C12H27BrOS. The first-order chi connectivity index (χ1) is 6.68. The fraction of sp³-hybridized carbons (Fsp3) is 1.00. The number of unbranched alkanes of at least 4 members (excludes halogenated alkanes) is 3. The first kappa shape index (κ1) is 18.0. The number of hydrogen-bond acceptors (Lipinski definition) is 1. The summed E-state index contributed by atoms with van der Waals surface area (Å²) in [6, 6.07) is 0. The van der Waals surface area contributed by atoms with E-state index in [1.54, 1.807) is 0 Å². The molecule has 0 aromatic heterocycles. The standard InChI is InChI=1S/C12H27OS.BrH/c1-4-7-10-14(13,11-8-5-2)12-9-6-3;/h4-12H2,1-3H3;1H/q+1;/p-1. The maximum Gasteiger partial charge on any atom is 0.112 e. The topological polar surface area (TPSA) is 17.1 Å². The van der Waals surface area contributed by atoms with Crippen molar-refractivity contribution >= 4 is 9.93 Å². The van der Waals surface area contributed by atoms with E-state index in [9.17, 15) is 4.21 Å². The fourth-order valence-corrected chi connectivity index (χ4v) is 4.59. The third kappa shape index (κ3) is 9.55. The summed E-state index contributed by atoms with van der Waals surface area (Å²) in [6.45, 7) is 6.54. The second-order valence-electron chi connectivity index (χ2n) is 4.14. The SMILES string of the molecule is CCCC[S+](=O)(CCCC)CCCC.[Br-]. The Morgan fingerprint density at radius 2 is 1.00 bits per heavy atom. The summed E-state index contributed by atoms with van der Waals surface area (Å²) < 4.78 is 12.5. The van der Waals surface area contributed by atoms with Gasteiger partial charge in [0.15, 0.2) is 0 Å². The van der Waals surface area contributed by atoms with Crippen molar-refractivity contribution in [3.05, 3.63) is 0 Å². The van der Waals surface area contributed by atoms with Crippen molar-refractivity contribution < 1.29 is 21.2 Å². The normalized spacial score (nSPS) is 11.1. The van der Waals surface area contributed by atoms with Crippen LogP contribution >= 0.6 is 0 Å². The molecule has 0 rings (SSSR count). The molecule has 1 nitrogen and oxygen atoms in total. The average molecular weight is 299 g/mol. The number of halogens is 1. The van der Waals surface area contributed by atoms with E-state index in [1.807, 2.05) is 0 Å². The zero-order chi connectivity index (χ0) is 10.9. The Balaban J connectivity index is 0. The highest BCUT2D eigenvalue weighted by Gasteiger charge is 2.25. The van der Waals surface area contributed by atoms with E-state index in [-0.39, 0.29) is 17.0 Å². The van der Waals surface area contributed by atoms with E-state index in [1.165, 1.54) is 19.3 Å². The molecule has 0 aromatic carbocycles. The minimum Gasteiger partial charge on any atom is -1.00 e. The summed E-state index contributed by atoms with van der Waals surface area (Å²) >= 11 is 0. The molecule has 0 spiro atoms. The summed E-state index contributed by atoms with van der Waals surface area (Å²) in [5.74, 6) is 2.93. The maximum absolute atomic E-state index is 12.5. The van der Waals surface area contributed by atoms with Gasteiger partial charge in [-0.3, -0.25) is 0 Å². The first-order valence-electron chi connectivity index (χ1n) is 6.15. The van der Waals surface area contributed by atoms with Gasteiger partial charge in [-0.05, 0) is 19.3 Å². The van der Waals surface area contributed by atoms with Crippen LogP contribution in [0.2, 0.25) is 0 Å². The third-order valence-corrected chi connectivity index (χ3v) is 5.71. The first-order valence-corrected chi connectivity index (χ1v) is 8.22. The Bertz CT molecular complexity index is 142. The molecule has 0 heterocycles. The van der Waals surface area contributed by atoms with E-state index >= 15 is 0 Å². The van der Waals surface area contributed by atoms with Crippen molar-refractivity contribution in [2.75, 3.05) is 17.3 Å². The largest absolute Gasteiger partial charge is 1.00 e. The molecule has 0 unspecified atom stereocenters. The highest BCUT2D eigenvalue weighted by atomic mass is 79.9. The van der Waals surface area contributed by atoms with Crippen molar-refractivity contribution in [2.24, 2.45) is 0 Å². The van der Waals surface area contributed by atoms with Crippen LogP contribution in [0.3, 0.4) is 0 Å². The monoisotopic (exact) mass is 298 g/mol. The van der Waals surface area contributed by atoms with Crippen LogP contribution in [0.15, 0.2) is 0 Å². The van der Waals surface area contributed by atoms with Crippen LogP contribution in [0, 0.1) is 0 Å². The fourth-order valence-electron chi connectivity index (χ4n) is 1.53. The predicted molar refractivity (Wildman–Crippen MR) is 67.4 cm³/mol. The molecule has 0 radical (unpaired) electrons. The average Bonchev–Trinajstić information content (AvgIpc) is 2.21. The van der Waals surface area contributed by atoms with Crippen molar-refractivity contribution in [3.8, 4) is 0 Å². The molecule has 0 amide bonds. The van der Waals surface area contributed by atoms with Crippen LogP contribution in [0.4, 0.5) is 0 Å². The summed E-state index contributed by atoms with van der Waals surface area (Å²) in [6.07, 6.45) is 6.96. The molecule has 0 bridgehead atoms. The lowest BCUT2D eigenvalue weighted by molar-refractivity contribution is -0.00000461. The van der Waals surface area contributed by atoms with Gasteiger partial charge in [0.2, 0.25) is 0 Å². The number of hydrogen-bond donors (Lipinski definition) is 0. The highest BCUT2D eigenvalue weighted by Crippen LogP contribution is 2.14. The van der Waals surface area contributed by atoms with Gasteiger partial charge in [0.05, 0.1) is 9.93 Å². The molecule has 0 saturated carbocycles. The molecule has 0 aliphatic heterocycles. The van der Waals surface area contributed by atoms with Gasteiger partial charge in [0.25, 0.3) is 0 Å². The second kappa shape index (κ2) is 11.1. The van der Waals surface area contributed by atoms with Gasteiger partial charge < -0.3 is 17.0 Å². The molecule has 0 saturated heterocycles. The lowest BCUT2D eigenvalue weighted by Gasteiger charge is -2.11. The Morgan fingerprint density at radius 1 is 0.733 bits per heavy atom. The maximum atomic E-state index is 12.5. The third-order valence-electron chi connectivity index (χ3n) is 2.61. The summed E-state index contributed by atoms with van der Waals surface area (Å²) in [5.41, 5.74) is 0. The van der Waals surface area contributed by atoms with Crippen LogP contribution in [-0.2, 0) is 14.1 Å². The molecule has 0 fully saturated rings. The second-order valence-corrected chi connectivity index (χ2v) is 7.30. The zero-order valence-electron chi connectivity index (χ0n) is 10.6. The van der Waals surface area contributed by atoms with Crippen molar-refractivity contribution in [1.29, 1.82) is 0 Å². The zero-order valence-corrected chi connectivity index (χ0v) is 13.0. The van der Waals surface area contributed by atoms with Gasteiger partial charge in [-0.1, -0.05) is 40.0 Å². The lowest BCUT2D eigenvalue weighted by atomic mass is 10.4. The molecule has 0 aliphatic rings. The minimum atomic E-state index is -1.48. The Morgan fingerprint density at radius 3 is 1.20 bits per heavy atom. The van der Waals surface area contributed by atoms with Crippen molar-refractivity contribution in [3.63, 3.8) is 0 Å². The molecule has 3 heteroatoms. The molecule has 0 aromatic rings.